The lowest BCUT2D eigenvalue weighted by atomic mass is 9.70. The Morgan fingerprint density at radius 1 is 0.915 bits per heavy atom. The van der Waals surface area contributed by atoms with Gasteiger partial charge in [0, 0.05) is 55.0 Å². The summed E-state index contributed by atoms with van der Waals surface area (Å²) in [7, 11) is 0. The smallest absolute Gasteiger partial charge is 0.478 e. The first-order chi connectivity index (χ1) is 27.9. The minimum atomic E-state index is -5.08. The first kappa shape index (κ1) is 40.8. The van der Waals surface area contributed by atoms with E-state index < -0.39 is 52.8 Å². The molecule has 2 saturated heterocycles. The Morgan fingerprint density at radius 2 is 1.63 bits per heavy atom. The second kappa shape index (κ2) is 15.0. The maximum atomic E-state index is 15.1. The van der Waals surface area contributed by atoms with E-state index in [2.05, 4.69) is 9.84 Å². The van der Waals surface area contributed by atoms with Crippen molar-refractivity contribution < 1.29 is 59.3 Å². The number of carboxylic acid groups (broad SMARTS) is 1. The van der Waals surface area contributed by atoms with Crippen LogP contribution < -0.4 is 4.74 Å². The zero-order valence-electron chi connectivity index (χ0n) is 31.7. The quantitative estimate of drug-likeness (QED) is 0.193. The molecule has 3 aromatic rings. The first-order valence-corrected chi connectivity index (χ1v) is 19.6. The van der Waals surface area contributed by atoms with Crippen LogP contribution in [0, 0.1) is 22.7 Å². The average Bonchev–Trinajstić information content (AvgIpc) is 3.68. The number of aromatic nitrogens is 2. The van der Waals surface area contributed by atoms with Gasteiger partial charge < -0.3 is 24.4 Å². The van der Waals surface area contributed by atoms with Crippen LogP contribution in [0.4, 0.5) is 35.1 Å². The van der Waals surface area contributed by atoms with Gasteiger partial charge in [-0.15, -0.1) is 13.2 Å². The van der Waals surface area contributed by atoms with Gasteiger partial charge in [-0.25, -0.2) is 13.6 Å². The summed E-state index contributed by atoms with van der Waals surface area (Å²) in [6.07, 6.45) is -2.21. The predicted molar refractivity (Wildman–Crippen MR) is 196 cm³/mol. The van der Waals surface area contributed by atoms with E-state index in [1.165, 1.54) is 47.4 Å². The Hall–Kier alpha value is -4.93. The summed E-state index contributed by atoms with van der Waals surface area (Å²) >= 11 is 0. The van der Waals surface area contributed by atoms with Crippen LogP contribution >= 0.6 is 0 Å². The Labute approximate surface area is 334 Å². The van der Waals surface area contributed by atoms with Crippen LogP contribution in [-0.2, 0) is 17.9 Å². The molecule has 1 atom stereocenters. The van der Waals surface area contributed by atoms with Crippen LogP contribution in [0.3, 0.4) is 0 Å². The second-order valence-corrected chi connectivity index (χ2v) is 16.6. The van der Waals surface area contributed by atoms with Crippen molar-refractivity contribution in [3.8, 4) is 5.75 Å². The Morgan fingerprint density at radius 3 is 2.31 bits per heavy atom. The van der Waals surface area contributed by atoms with Crippen molar-refractivity contribution in [3.63, 3.8) is 0 Å². The van der Waals surface area contributed by atoms with E-state index in [1.54, 1.807) is 29.2 Å². The van der Waals surface area contributed by atoms with Gasteiger partial charge in [0.15, 0.2) is 0 Å². The number of nitrogens with zero attached hydrogens (tertiary/aromatic N) is 4. The SMILES string of the molecule is O=C(O)c1ccccc1Cn1cc(C(=O)N2C[C@@H](COCc3cccc(C4CCC(C(F)(F)F)CC4)c3OC(F)(F)F)C3(C2)CN(C2=CC=CC(F)(F)C24CC4)C3)cn1. The highest BCUT2D eigenvalue weighted by Crippen LogP contribution is 2.65. The van der Waals surface area contributed by atoms with Gasteiger partial charge in [0.25, 0.3) is 11.8 Å². The van der Waals surface area contributed by atoms with Crippen LogP contribution in [0.25, 0.3) is 0 Å². The Balaban J connectivity index is 1.00. The standard InChI is InChI=1S/C42H42F8N4O5/c43-40(44)14-4-9-34(39(40)15-16-39)53-24-38(25-53)23-52(36(55)29-17-51-54(19-29)18-27-5-1-2-7-33(27)37(56)57)20-31(38)22-58-21-28-6-3-8-32(35(28)59-42(48,49)50)26-10-12-30(13-11-26)41(45,46)47/h1-9,14,17,19,26,30-31H,10-13,15-16,18,20-25H2,(H,56,57)/t26?,30?,31-/m0/s1. The molecular weight excluding hydrogens is 792 g/mol. The number of carbonyl (C=O) groups excluding carboxylic acids is 1. The monoisotopic (exact) mass is 834 g/mol. The number of aromatic carboxylic acids is 1. The second-order valence-electron chi connectivity index (χ2n) is 16.6. The highest BCUT2D eigenvalue weighted by molar-refractivity contribution is 5.94. The molecule has 1 N–H and O–H groups in total. The number of hydrogen-bond acceptors (Lipinski definition) is 6. The van der Waals surface area contributed by atoms with E-state index in [0.29, 0.717) is 37.2 Å². The summed E-state index contributed by atoms with van der Waals surface area (Å²) in [6.45, 7) is 0.880. The number of carbonyl (C=O) groups is 2. The summed E-state index contributed by atoms with van der Waals surface area (Å²) in [5.74, 6) is -7.40. The first-order valence-electron chi connectivity index (χ1n) is 19.6. The molecule has 316 valence electrons. The van der Waals surface area contributed by atoms with Crippen molar-refractivity contribution in [2.45, 2.75) is 76.1 Å². The summed E-state index contributed by atoms with van der Waals surface area (Å²) in [5.41, 5.74) is -0.269. The van der Waals surface area contributed by atoms with Gasteiger partial charge in [-0.1, -0.05) is 42.5 Å². The van der Waals surface area contributed by atoms with Gasteiger partial charge in [0.2, 0.25) is 0 Å². The third kappa shape index (κ3) is 7.94. The van der Waals surface area contributed by atoms with Crippen LogP contribution in [0.15, 0.2) is 78.8 Å². The molecule has 3 heterocycles. The number of alkyl halides is 8. The van der Waals surface area contributed by atoms with E-state index in [4.69, 9.17) is 4.74 Å². The number of likely N-dealkylation sites (tertiary alicyclic amines) is 2. The molecule has 2 aliphatic heterocycles. The molecule has 1 aromatic heterocycles. The van der Waals surface area contributed by atoms with Crippen molar-refractivity contribution in [2.24, 2.45) is 22.7 Å². The minimum absolute atomic E-state index is 0.00448. The van der Waals surface area contributed by atoms with Gasteiger partial charge >= 0.3 is 18.5 Å². The van der Waals surface area contributed by atoms with Crippen molar-refractivity contribution in [1.82, 2.24) is 19.6 Å². The highest BCUT2D eigenvalue weighted by Gasteiger charge is 2.67. The van der Waals surface area contributed by atoms with Gasteiger partial charge in [-0.3, -0.25) is 9.48 Å². The van der Waals surface area contributed by atoms with Crippen molar-refractivity contribution in [2.75, 3.05) is 32.8 Å². The third-order valence-electron chi connectivity index (χ3n) is 12.9. The molecule has 9 nitrogen and oxygen atoms in total. The number of rotatable bonds is 11. The molecule has 1 amide bonds. The third-order valence-corrected chi connectivity index (χ3v) is 12.9. The summed E-state index contributed by atoms with van der Waals surface area (Å²) in [4.78, 5) is 29.3. The number of ether oxygens (including phenoxy) is 2. The van der Waals surface area contributed by atoms with Crippen molar-refractivity contribution in [3.05, 3.63) is 107 Å². The van der Waals surface area contributed by atoms with E-state index in [0.717, 1.165) is 6.08 Å². The maximum Gasteiger partial charge on any atom is 0.573 e. The summed E-state index contributed by atoms with van der Waals surface area (Å²) in [5, 5.41) is 13.9. The van der Waals surface area contributed by atoms with Crippen LogP contribution in [-0.4, -0.2) is 87.8 Å². The van der Waals surface area contributed by atoms with Gasteiger partial charge in [-0.05, 0) is 73.8 Å². The van der Waals surface area contributed by atoms with Gasteiger partial charge in [0.05, 0.1) is 48.4 Å². The molecule has 0 bridgehead atoms. The fraction of sp³-hybridized carbons (Fsp3) is 0.500. The zero-order chi connectivity index (χ0) is 42.0. The lowest BCUT2D eigenvalue weighted by Gasteiger charge is -2.55. The summed E-state index contributed by atoms with van der Waals surface area (Å²) in [6, 6.07) is 10.8. The van der Waals surface area contributed by atoms with Crippen molar-refractivity contribution >= 4 is 11.9 Å². The van der Waals surface area contributed by atoms with Gasteiger partial charge in [-0.2, -0.15) is 18.3 Å². The normalized spacial score (nSPS) is 24.3. The molecule has 0 unspecified atom stereocenters. The largest absolute Gasteiger partial charge is 0.573 e. The van der Waals surface area contributed by atoms with E-state index in [9.17, 15) is 41.0 Å². The van der Waals surface area contributed by atoms with Crippen LogP contribution in [0.5, 0.6) is 5.75 Å². The molecule has 59 heavy (non-hydrogen) atoms. The van der Waals surface area contributed by atoms with E-state index in [-0.39, 0.29) is 92.6 Å². The number of para-hydroxylation sites is 1. The summed E-state index contributed by atoms with van der Waals surface area (Å²) < 4.78 is 124. The molecule has 8 rings (SSSR count). The predicted octanol–water partition coefficient (Wildman–Crippen LogP) is 8.82. The highest BCUT2D eigenvalue weighted by atomic mass is 19.4. The molecule has 2 aromatic carbocycles. The molecule has 2 saturated carbocycles. The molecule has 5 aliphatic rings. The van der Waals surface area contributed by atoms with E-state index >= 15 is 8.78 Å². The van der Waals surface area contributed by atoms with Crippen molar-refractivity contribution in [1.29, 1.82) is 0 Å². The lowest BCUT2D eigenvalue weighted by molar-refractivity contribution is -0.275. The Bertz CT molecular complexity index is 2150. The molecular formula is C42H42F8N4O5. The van der Waals surface area contributed by atoms with E-state index in [1.807, 2.05) is 4.90 Å². The number of carboxylic acids is 1. The fourth-order valence-corrected chi connectivity index (χ4v) is 9.64. The molecule has 2 spiro atoms. The van der Waals surface area contributed by atoms with Crippen LogP contribution in [0.1, 0.15) is 81.8 Å². The average molecular weight is 835 g/mol. The molecule has 0 radical (unpaired) electrons. The molecule has 17 heteroatoms. The number of allylic oxidation sites excluding steroid dienone is 4. The molecule has 3 aliphatic carbocycles. The zero-order valence-corrected chi connectivity index (χ0v) is 31.7. The number of benzene rings is 2. The number of amides is 1. The number of halogens is 8. The molecule has 4 fully saturated rings. The van der Waals surface area contributed by atoms with Gasteiger partial charge in [0.1, 0.15) is 5.75 Å². The maximum absolute atomic E-state index is 15.1. The lowest BCUT2D eigenvalue weighted by Crippen LogP contribution is -2.62. The fourth-order valence-electron chi connectivity index (χ4n) is 9.64. The Kier molecular flexibility index (Phi) is 10.4. The topological polar surface area (TPSA) is 97.1 Å². The van der Waals surface area contributed by atoms with Crippen LogP contribution in [0.2, 0.25) is 0 Å². The number of hydrogen-bond donors (Lipinski definition) is 1. The minimum Gasteiger partial charge on any atom is -0.478 e.